The maximum absolute atomic E-state index is 12.8. The number of rotatable bonds is 1. The van der Waals surface area contributed by atoms with Gasteiger partial charge in [-0.1, -0.05) is 30.3 Å². The molecule has 1 heterocycles. The lowest BCUT2D eigenvalue weighted by atomic mass is 9.82. The molecule has 104 valence electrons. The standard InChI is InChI=1S/C15H11F3O2/c16-15(17,18)11-8-20-13-7-10(6-12(19)14(11)13)9-4-2-1-3-5-9/h1-5,8,10H,6-7H2. The molecule has 2 aromatic rings. The van der Waals surface area contributed by atoms with Crippen LogP contribution < -0.4 is 0 Å². The zero-order valence-electron chi connectivity index (χ0n) is 10.4. The Balaban J connectivity index is 1.98. The summed E-state index contributed by atoms with van der Waals surface area (Å²) in [4.78, 5) is 12.0. The number of hydrogen-bond acceptors (Lipinski definition) is 2. The molecular formula is C15H11F3O2. The van der Waals surface area contributed by atoms with Crippen molar-refractivity contribution < 1.29 is 22.4 Å². The Hall–Kier alpha value is -2.04. The summed E-state index contributed by atoms with van der Waals surface area (Å²) in [5.41, 5.74) is -0.301. The SMILES string of the molecule is O=C1CC(c2ccccc2)Cc2occ(C(F)(F)F)c21. The number of halogens is 3. The highest BCUT2D eigenvalue weighted by Crippen LogP contribution is 2.40. The number of hydrogen-bond donors (Lipinski definition) is 0. The van der Waals surface area contributed by atoms with E-state index in [0.29, 0.717) is 12.7 Å². The highest BCUT2D eigenvalue weighted by molar-refractivity contribution is 6.00. The molecule has 0 N–H and O–H groups in total. The summed E-state index contributed by atoms with van der Waals surface area (Å²) >= 11 is 0. The first kappa shape index (κ1) is 13.0. The van der Waals surface area contributed by atoms with Crippen molar-refractivity contribution in [3.63, 3.8) is 0 Å². The van der Waals surface area contributed by atoms with Gasteiger partial charge in [-0.3, -0.25) is 4.79 Å². The van der Waals surface area contributed by atoms with E-state index in [1.165, 1.54) is 0 Å². The van der Waals surface area contributed by atoms with Gasteiger partial charge in [0.05, 0.1) is 5.56 Å². The number of carbonyl (C=O) groups is 1. The van der Waals surface area contributed by atoms with Gasteiger partial charge in [0.15, 0.2) is 5.78 Å². The van der Waals surface area contributed by atoms with Gasteiger partial charge in [-0.25, -0.2) is 0 Å². The van der Waals surface area contributed by atoms with Crippen molar-refractivity contribution in [3.8, 4) is 0 Å². The summed E-state index contributed by atoms with van der Waals surface area (Å²) in [6.07, 6.45) is -3.50. The summed E-state index contributed by atoms with van der Waals surface area (Å²) in [6, 6.07) is 9.29. The number of alkyl halides is 3. The minimum absolute atomic E-state index is 0.0830. The molecule has 1 aliphatic rings. The number of fused-ring (bicyclic) bond motifs is 1. The molecule has 0 saturated carbocycles. The molecule has 5 heteroatoms. The molecule has 3 rings (SSSR count). The molecule has 0 aliphatic heterocycles. The van der Waals surface area contributed by atoms with Gasteiger partial charge in [0.1, 0.15) is 17.6 Å². The summed E-state index contributed by atoms with van der Waals surface area (Å²) in [6.45, 7) is 0. The lowest BCUT2D eigenvalue weighted by molar-refractivity contribution is -0.138. The van der Waals surface area contributed by atoms with Crippen LogP contribution in [0.2, 0.25) is 0 Å². The first-order valence-electron chi connectivity index (χ1n) is 6.22. The Morgan fingerprint density at radius 2 is 1.80 bits per heavy atom. The van der Waals surface area contributed by atoms with Crippen LogP contribution >= 0.6 is 0 Å². The van der Waals surface area contributed by atoms with Gasteiger partial charge in [-0.05, 0) is 11.5 Å². The maximum atomic E-state index is 12.8. The predicted octanol–water partition coefficient (Wildman–Crippen LogP) is 4.21. The highest BCUT2D eigenvalue weighted by atomic mass is 19.4. The molecule has 1 aromatic carbocycles. The molecule has 1 unspecified atom stereocenters. The van der Waals surface area contributed by atoms with Crippen molar-refractivity contribution in [2.45, 2.75) is 24.9 Å². The van der Waals surface area contributed by atoms with Crippen molar-refractivity contribution in [1.82, 2.24) is 0 Å². The van der Waals surface area contributed by atoms with Gasteiger partial charge >= 0.3 is 6.18 Å². The summed E-state index contributed by atoms with van der Waals surface area (Å²) in [5, 5.41) is 0. The average Bonchev–Trinajstić information content (AvgIpc) is 2.84. The topological polar surface area (TPSA) is 30.2 Å². The molecular weight excluding hydrogens is 269 g/mol. The Kier molecular flexibility index (Phi) is 2.92. The van der Waals surface area contributed by atoms with Gasteiger partial charge in [0.2, 0.25) is 0 Å². The first-order chi connectivity index (χ1) is 9.47. The van der Waals surface area contributed by atoms with Crippen LogP contribution in [0, 0.1) is 0 Å². The second-order valence-electron chi connectivity index (χ2n) is 4.88. The second-order valence-corrected chi connectivity index (χ2v) is 4.88. The zero-order valence-corrected chi connectivity index (χ0v) is 10.4. The lowest BCUT2D eigenvalue weighted by Gasteiger charge is -2.21. The minimum atomic E-state index is -4.55. The summed E-state index contributed by atoms with van der Waals surface area (Å²) < 4.78 is 43.4. The maximum Gasteiger partial charge on any atom is 0.420 e. The smallest absolute Gasteiger partial charge is 0.420 e. The fourth-order valence-electron chi connectivity index (χ4n) is 2.65. The van der Waals surface area contributed by atoms with Gasteiger partial charge in [-0.2, -0.15) is 13.2 Å². The van der Waals surface area contributed by atoms with Crippen molar-refractivity contribution in [1.29, 1.82) is 0 Å². The van der Waals surface area contributed by atoms with E-state index < -0.39 is 17.5 Å². The van der Waals surface area contributed by atoms with E-state index in [2.05, 4.69) is 0 Å². The Morgan fingerprint density at radius 1 is 1.10 bits per heavy atom. The quantitative estimate of drug-likeness (QED) is 0.783. The third-order valence-corrected chi connectivity index (χ3v) is 3.59. The van der Waals surface area contributed by atoms with Crippen LogP contribution in [0.4, 0.5) is 13.2 Å². The van der Waals surface area contributed by atoms with E-state index in [9.17, 15) is 18.0 Å². The van der Waals surface area contributed by atoms with Crippen LogP contribution in [0.15, 0.2) is 41.0 Å². The molecule has 0 bridgehead atoms. The lowest BCUT2D eigenvalue weighted by Crippen LogP contribution is -2.20. The van der Waals surface area contributed by atoms with Gasteiger partial charge in [-0.15, -0.1) is 0 Å². The molecule has 0 fully saturated rings. The van der Waals surface area contributed by atoms with Gasteiger partial charge in [0, 0.05) is 12.8 Å². The number of carbonyl (C=O) groups excluding carboxylic acids is 1. The van der Waals surface area contributed by atoms with E-state index in [1.54, 1.807) is 0 Å². The summed E-state index contributed by atoms with van der Waals surface area (Å²) in [7, 11) is 0. The van der Waals surface area contributed by atoms with Crippen LogP contribution in [0.1, 0.15) is 39.6 Å². The number of ketones is 1. The minimum Gasteiger partial charge on any atom is -0.468 e. The predicted molar refractivity (Wildman–Crippen MR) is 65.5 cm³/mol. The van der Waals surface area contributed by atoms with Crippen LogP contribution in [-0.2, 0) is 12.6 Å². The number of Topliss-reactive ketones (excluding diaryl/α,β-unsaturated/α-hetero) is 1. The first-order valence-corrected chi connectivity index (χ1v) is 6.22. The van der Waals surface area contributed by atoms with E-state index in [-0.39, 0.29) is 23.7 Å². The Bertz CT molecular complexity index is 641. The molecule has 1 atom stereocenters. The van der Waals surface area contributed by atoms with Gasteiger partial charge < -0.3 is 4.42 Å². The summed E-state index contributed by atoms with van der Waals surface area (Å²) in [5.74, 6) is -0.480. The van der Waals surface area contributed by atoms with Crippen molar-refractivity contribution in [3.05, 3.63) is 59.0 Å². The van der Waals surface area contributed by atoms with Crippen molar-refractivity contribution in [2.24, 2.45) is 0 Å². The van der Waals surface area contributed by atoms with Crippen LogP contribution in [-0.4, -0.2) is 5.78 Å². The molecule has 2 nitrogen and oxygen atoms in total. The molecule has 20 heavy (non-hydrogen) atoms. The van der Waals surface area contributed by atoms with Crippen LogP contribution in [0.3, 0.4) is 0 Å². The molecule has 0 radical (unpaired) electrons. The number of furan rings is 1. The highest BCUT2D eigenvalue weighted by Gasteiger charge is 2.41. The van der Waals surface area contributed by atoms with E-state index in [0.717, 1.165) is 5.56 Å². The molecule has 1 aromatic heterocycles. The van der Waals surface area contributed by atoms with E-state index >= 15 is 0 Å². The van der Waals surface area contributed by atoms with Crippen LogP contribution in [0.5, 0.6) is 0 Å². The normalized spacial score (nSPS) is 18.9. The third-order valence-electron chi connectivity index (χ3n) is 3.59. The Morgan fingerprint density at radius 3 is 2.45 bits per heavy atom. The Labute approximate surface area is 113 Å². The van der Waals surface area contributed by atoms with Crippen molar-refractivity contribution in [2.75, 3.05) is 0 Å². The number of benzene rings is 1. The third kappa shape index (κ3) is 2.13. The van der Waals surface area contributed by atoms with Crippen LogP contribution in [0.25, 0.3) is 0 Å². The van der Waals surface area contributed by atoms with Gasteiger partial charge in [0.25, 0.3) is 0 Å². The molecule has 1 aliphatic carbocycles. The van der Waals surface area contributed by atoms with E-state index in [4.69, 9.17) is 4.42 Å². The fourth-order valence-corrected chi connectivity index (χ4v) is 2.65. The largest absolute Gasteiger partial charge is 0.468 e. The fraction of sp³-hybridized carbons (Fsp3) is 0.267. The second kappa shape index (κ2) is 4.51. The average molecular weight is 280 g/mol. The molecule has 0 amide bonds. The van der Waals surface area contributed by atoms with Crippen molar-refractivity contribution >= 4 is 5.78 Å². The molecule has 0 saturated heterocycles. The molecule has 0 spiro atoms. The zero-order chi connectivity index (χ0) is 14.3. The monoisotopic (exact) mass is 280 g/mol. The van der Waals surface area contributed by atoms with E-state index in [1.807, 2.05) is 30.3 Å².